The van der Waals surface area contributed by atoms with Gasteiger partial charge >= 0.3 is 5.97 Å². The molecule has 122 valence electrons. The van der Waals surface area contributed by atoms with Crippen molar-refractivity contribution >= 4 is 5.97 Å². The van der Waals surface area contributed by atoms with Gasteiger partial charge in [0, 0.05) is 12.6 Å². The summed E-state index contributed by atoms with van der Waals surface area (Å²) < 4.78 is 10.5. The first-order chi connectivity index (χ1) is 10.7. The van der Waals surface area contributed by atoms with Crippen molar-refractivity contribution in [2.45, 2.75) is 25.3 Å². The monoisotopic (exact) mass is 306 g/mol. The molecular weight excluding hydrogens is 280 g/mol. The topological polar surface area (TPSA) is 50.8 Å². The fourth-order valence-electron chi connectivity index (χ4n) is 2.72. The second-order valence-electron chi connectivity index (χ2n) is 5.65. The Hall–Kier alpha value is -1.59. The van der Waals surface area contributed by atoms with Crippen molar-refractivity contribution in [1.82, 2.24) is 10.2 Å². The van der Waals surface area contributed by atoms with Crippen LogP contribution in [0.1, 0.15) is 18.4 Å². The lowest BCUT2D eigenvalue weighted by Crippen LogP contribution is -2.42. The number of methoxy groups -OCH3 is 1. The minimum atomic E-state index is -0.232. The van der Waals surface area contributed by atoms with Crippen LogP contribution in [0.25, 0.3) is 0 Å². The average molecular weight is 306 g/mol. The Morgan fingerprint density at radius 2 is 2.14 bits per heavy atom. The van der Waals surface area contributed by atoms with E-state index < -0.39 is 0 Å². The van der Waals surface area contributed by atoms with E-state index in [1.165, 1.54) is 20.0 Å². The highest BCUT2D eigenvalue weighted by Gasteiger charge is 2.17. The van der Waals surface area contributed by atoms with Gasteiger partial charge in [0.1, 0.15) is 12.4 Å². The van der Waals surface area contributed by atoms with Crippen molar-refractivity contribution in [3.63, 3.8) is 0 Å². The molecule has 1 aromatic carbocycles. The van der Waals surface area contributed by atoms with E-state index in [0.717, 1.165) is 30.9 Å². The smallest absolute Gasteiger partial charge is 0.309 e. The number of carbonyl (C=O) groups is 1. The molecule has 0 atom stereocenters. The Balaban J connectivity index is 1.73. The number of likely N-dealkylation sites (tertiary alicyclic amines) is 1. The summed E-state index contributed by atoms with van der Waals surface area (Å²) >= 11 is 0. The molecule has 0 radical (unpaired) electrons. The Bertz CT molecular complexity index is 471. The van der Waals surface area contributed by atoms with E-state index in [0.29, 0.717) is 12.6 Å². The number of carbonyl (C=O) groups excluding carboxylic acids is 1. The van der Waals surface area contributed by atoms with Gasteiger partial charge in [0.2, 0.25) is 0 Å². The summed E-state index contributed by atoms with van der Waals surface area (Å²) in [6, 6.07) is 8.31. The summed E-state index contributed by atoms with van der Waals surface area (Å²) in [7, 11) is 3.44. The predicted molar refractivity (Wildman–Crippen MR) is 86.2 cm³/mol. The third-order valence-corrected chi connectivity index (χ3v) is 4.15. The fourth-order valence-corrected chi connectivity index (χ4v) is 2.72. The second-order valence-corrected chi connectivity index (χ2v) is 5.65. The molecule has 5 heteroatoms. The van der Waals surface area contributed by atoms with Crippen molar-refractivity contribution in [3.05, 3.63) is 29.8 Å². The molecule has 0 aromatic heterocycles. The van der Waals surface area contributed by atoms with Gasteiger partial charge in [0.15, 0.2) is 0 Å². The molecule has 0 unspecified atom stereocenters. The van der Waals surface area contributed by atoms with Gasteiger partial charge in [0.25, 0.3) is 0 Å². The van der Waals surface area contributed by atoms with Crippen LogP contribution in [0.4, 0.5) is 0 Å². The molecule has 0 aliphatic carbocycles. The number of hydrogen-bond acceptors (Lipinski definition) is 5. The van der Waals surface area contributed by atoms with E-state index in [9.17, 15) is 4.79 Å². The molecule has 0 amide bonds. The molecule has 0 spiro atoms. The Morgan fingerprint density at radius 1 is 1.36 bits per heavy atom. The van der Waals surface area contributed by atoms with Crippen LogP contribution in [0.5, 0.6) is 5.75 Å². The molecule has 1 saturated heterocycles. The minimum absolute atomic E-state index is 0.232. The van der Waals surface area contributed by atoms with Gasteiger partial charge in [0.05, 0.1) is 13.5 Å². The number of ether oxygens (including phenoxy) is 2. The van der Waals surface area contributed by atoms with Gasteiger partial charge in [-0.2, -0.15) is 0 Å². The highest BCUT2D eigenvalue weighted by molar-refractivity contribution is 5.72. The normalized spacial score (nSPS) is 16.5. The summed E-state index contributed by atoms with van der Waals surface area (Å²) in [5, 5.41) is 3.34. The van der Waals surface area contributed by atoms with Crippen LogP contribution in [-0.2, 0) is 16.0 Å². The van der Waals surface area contributed by atoms with E-state index in [4.69, 9.17) is 4.74 Å². The maximum atomic E-state index is 11.3. The lowest BCUT2D eigenvalue weighted by atomic mass is 10.1. The highest BCUT2D eigenvalue weighted by atomic mass is 16.5. The average Bonchev–Trinajstić information content (AvgIpc) is 2.56. The Kier molecular flexibility index (Phi) is 6.68. The number of nitrogens with one attached hydrogen (secondary N) is 1. The van der Waals surface area contributed by atoms with Gasteiger partial charge in [-0.05, 0) is 50.7 Å². The van der Waals surface area contributed by atoms with Crippen molar-refractivity contribution in [3.8, 4) is 5.75 Å². The molecule has 1 aliphatic rings. The first kappa shape index (κ1) is 16.8. The van der Waals surface area contributed by atoms with Crippen LogP contribution in [-0.4, -0.2) is 57.3 Å². The minimum Gasteiger partial charge on any atom is -0.492 e. The summed E-state index contributed by atoms with van der Waals surface area (Å²) in [5.74, 6) is 0.580. The van der Waals surface area contributed by atoms with Crippen molar-refractivity contribution in [2.75, 3.05) is 40.4 Å². The Morgan fingerprint density at radius 3 is 2.82 bits per heavy atom. The van der Waals surface area contributed by atoms with E-state index in [2.05, 4.69) is 15.0 Å². The molecule has 5 nitrogen and oxygen atoms in total. The van der Waals surface area contributed by atoms with E-state index in [-0.39, 0.29) is 12.4 Å². The van der Waals surface area contributed by atoms with Crippen molar-refractivity contribution in [2.24, 2.45) is 0 Å². The molecule has 0 saturated carbocycles. The fraction of sp³-hybridized carbons (Fsp3) is 0.588. The summed E-state index contributed by atoms with van der Waals surface area (Å²) in [4.78, 5) is 13.7. The van der Waals surface area contributed by atoms with E-state index >= 15 is 0 Å². The van der Waals surface area contributed by atoms with Gasteiger partial charge in [-0.25, -0.2) is 0 Å². The molecule has 2 rings (SSSR count). The molecule has 1 N–H and O–H groups in total. The number of piperidine rings is 1. The first-order valence-electron chi connectivity index (χ1n) is 7.89. The summed E-state index contributed by atoms with van der Waals surface area (Å²) in [6.45, 7) is 3.86. The van der Waals surface area contributed by atoms with Crippen LogP contribution in [0.3, 0.4) is 0 Å². The maximum Gasteiger partial charge on any atom is 0.309 e. The highest BCUT2D eigenvalue weighted by Crippen LogP contribution is 2.15. The third kappa shape index (κ3) is 5.31. The third-order valence-electron chi connectivity index (χ3n) is 4.15. The summed E-state index contributed by atoms with van der Waals surface area (Å²) in [6.07, 6.45) is 2.68. The van der Waals surface area contributed by atoms with Gasteiger partial charge in [-0.3, -0.25) is 9.69 Å². The second kappa shape index (κ2) is 8.76. The zero-order valence-corrected chi connectivity index (χ0v) is 13.5. The number of rotatable bonds is 7. The van der Waals surface area contributed by atoms with Gasteiger partial charge in [-0.15, -0.1) is 0 Å². The molecule has 0 bridgehead atoms. The SMILES string of the molecule is CNC1CCN(CCOc2cccc(CC(=O)OC)c2)CC1. The Labute approximate surface area is 132 Å². The zero-order chi connectivity index (χ0) is 15.8. The lowest BCUT2D eigenvalue weighted by molar-refractivity contribution is -0.139. The lowest BCUT2D eigenvalue weighted by Gasteiger charge is -2.31. The zero-order valence-electron chi connectivity index (χ0n) is 13.5. The van der Waals surface area contributed by atoms with Crippen molar-refractivity contribution in [1.29, 1.82) is 0 Å². The molecular formula is C17H26N2O3. The van der Waals surface area contributed by atoms with E-state index in [1.807, 2.05) is 31.3 Å². The maximum absolute atomic E-state index is 11.3. The number of benzene rings is 1. The van der Waals surface area contributed by atoms with Gasteiger partial charge < -0.3 is 14.8 Å². The molecule has 1 aromatic rings. The van der Waals surface area contributed by atoms with Crippen LogP contribution in [0.15, 0.2) is 24.3 Å². The van der Waals surface area contributed by atoms with Crippen LogP contribution in [0.2, 0.25) is 0 Å². The molecule has 1 fully saturated rings. The van der Waals surface area contributed by atoms with Crippen LogP contribution in [0, 0.1) is 0 Å². The number of hydrogen-bond donors (Lipinski definition) is 1. The van der Waals surface area contributed by atoms with Gasteiger partial charge in [-0.1, -0.05) is 12.1 Å². The summed E-state index contributed by atoms with van der Waals surface area (Å²) in [5.41, 5.74) is 0.916. The predicted octanol–water partition coefficient (Wildman–Crippen LogP) is 1.46. The van der Waals surface area contributed by atoms with E-state index in [1.54, 1.807) is 0 Å². The number of esters is 1. The molecule has 22 heavy (non-hydrogen) atoms. The van der Waals surface area contributed by atoms with Crippen LogP contribution >= 0.6 is 0 Å². The largest absolute Gasteiger partial charge is 0.492 e. The molecule has 1 heterocycles. The van der Waals surface area contributed by atoms with Crippen LogP contribution < -0.4 is 10.1 Å². The first-order valence-corrected chi connectivity index (χ1v) is 7.89. The standard InChI is InChI=1S/C17H26N2O3/c1-18-15-6-8-19(9-7-15)10-11-22-16-5-3-4-14(12-16)13-17(20)21-2/h3-5,12,15,18H,6-11,13H2,1-2H3. The van der Waals surface area contributed by atoms with Crippen molar-refractivity contribution < 1.29 is 14.3 Å². The molecule has 1 aliphatic heterocycles. The number of nitrogens with zero attached hydrogens (tertiary/aromatic N) is 1. The quantitative estimate of drug-likeness (QED) is 0.773.